The average Bonchev–Trinajstić information content (AvgIpc) is 2.74. The van der Waals surface area contributed by atoms with Crippen LogP contribution in [0.4, 0.5) is 4.39 Å². The molecule has 1 aromatic carbocycles. The molecule has 0 spiro atoms. The van der Waals surface area contributed by atoms with E-state index in [9.17, 15) is 22.4 Å². The maximum Gasteiger partial charge on any atom is 0.338 e. The van der Waals surface area contributed by atoms with Gasteiger partial charge in [-0.05, 0) is 49.8 Å². The molecule has 2 rings (SSSR count). The molecule has 0 radical (unpaired) electrons. The summed E-state index contributed by atoms with van der Waals surface area (Å²) in [7, 11) is -4.17. The topological polar surface area (TPSA) is 118 Å². The molecule has 1 aliphatic rings. The third-order valence-electron chi connectivity index (χ3n) is 4.33. The van der Waals surface area contributed by atoms with Gasteiger partial charge in [0.05, 0.1) is 5.56 Å². The Hall–Kier alpha value is -2.00. The van der Waals surface area contributed by atoms with Crippen molar-refractivity contribution in [2.24, 2.45) is 11.7 Å². The number of nitrogens with zero attached hydrogens (tertiary/aromatic N) is 1. The summed E-state index contributed by atoms with van der Waals surface area (Å²) >= 11 is 0. The second-order valence-corrected chi connectivity index (χ2v) is 8.21. The number of nitrogens with two attached hydrogens (primary N) is 1. The van der Waals surface area contributed by atoms with Crippen LogP contribution in [0.15, 0.2) is 17.0 Å². The number of carbonyl (C=O) groups excluding carboxylic acids is 1. The minimum atomic E-state index is -4.17. The predicted molar refractivity (Wildman–Crippen MR) is 88.0 cm³/mol. The number of amides is 1. The number of sulfonamides is 1. The minimum Gasteiger partial charge on any atom is -0.478 e. The molecule has 138 valence electrons. The Kier molecular flexibility index (Phi) is 5.79. The Morgan fingerprint density at radius 3 is 2.60 bits per heavy atom. The van der Waals surface area contributed by atoms with Crippen LogP contribution in [0.25, 0.3) is 0 Å². The Morgan fingerprint density at radius 1 is 1.32 bits per heavy atom. The highest BCUT2D eigenvalue weighted by Crippen LogP contribution is 2.28. The highest BCUT2D eigenvalue weighted by Gasteiger charge is 2.32. The highest BCUT2D eigenvalue weighted by atomic mass is 32.2. The zero-order chi connectivity index (χ0) is 18.8. The first-order chi connectivity index (χ1) is 11.6. The summed E-state index contributed by atoms with van der Waals surface area (Å²) in [6.45, 7) is 1.83. The molecule has 0 bridgehead atoms. The summed E-state index contributed by atoms with van der Waals surface area (Å²) in [6, 6.07) is 2.24. The molecular formula is C16H21FN2O5S. The van der Waals surface area contributed by atoms with Crippen LogP contribution in [0.5, 0.6) is 0 Å². The van der Waals surface area contributed by atoms with Gasteiger partial charge in [-0.25, -0.2) is 17.6 Å². The Morgan fingerprint density at radius 2 is 2.00 bits per heavy atom. The second kappa shape index (κ2) is 7.49. The number of carboxylic acid groups (broad SMARTS) is 1. The summed E-state index contributed by atoms with van der Waals surface area (Å²) < 4.78 is 41.2. The molecule has 3 N–H and O–H groups in total. The summed E-state index contributed by atoms with van der Waals surface area (Å²) in [4.78, 5) is 21.6. The van der Waals surface area contributed by atoms with Gasteiger partial charge in [0, 0.05) is 19.5 Å². The fourth-order valence-corrected chi connectivity index (χ4v) is 4.75. The summed E-state index contributed by atoms with van der Waals surface area (Å²) in [5.41, 5.74) is 4.87. The van der Waals surface area contributed by atoms with E-state index in [1.807, 2.05) is 0 Å². The van der Waals surface area contributed by atoms with Gasteiger partial charge in [-0.2, -0.15) is 4.31 Å². The van der Waals surface area contributed by atoms with Crippen LogP contribution in [0.3, 0.4) is 0 Å². The second-order valence-electron chi connectivity index (χ2n) is 6.30. The van der Waals surface area contributed by atoms with E-state index in [4.69, 9.17) is 10.8 Å². The van der Waals surface area contributed by atoms with Gasteiger partial charge in [0.1, 0.15) is 4.90 Å². The average molecular weight is 372 g/mol. The molecule has 1 heterocycles. The Labute approximate surface area is 145 Å². The number of primary amides is 1. The lowest BCUT2D eigenvalue weighted by Crippen LogP contribution is -2.33. The fourth-order valence-electron chi connectivity index (χ4n) is 3.09. The van der Waals surface area contributed by atoms with E-state index in [0.717, 1.165) is 16.4 Å². The SMILES string of the molecule is Cc1cc(C(=O)O)c(F)c(S(=O)(=O)N2CCCC(CC(N)=O)CC2)c1. The number of hydrogen-bond acceptors (Lipinski definition) is 4. The van der Waals surface area contributed by atoms with Crippen molar-refractivity contribution in [3.63, 3.8) is 0 Å². The zero-order valence-corrected chi connectivity index (χ0v) is 14.7. The van der Waals surface area contributed by atoms with Crippen molar-refractivity contribution < 1.29 is 27.5 Å². The minimum absolute atomic E-state index is 0.00497. The summed E-state index contributed by atoms with van der Waals surface area (Å²) in [5.74, 6) is -3.21. The number of carbonyl (C=O) groups is 2. The van der Waals surface area contributed by atoms with Gasteiger partial charge in [-0.15, -0.1) is 0 Å². The molecule has 1 atom stereocenters. The van der Waals surface area contributed by atoms with E-state index in [1.165, 1.54) is 6.92 Å². The van der Waals surface area contributed by atoms with E-state index < -0.39 is 38.2 Å². The molecule has 9 heteroatoms. The van der Waals surface area contributed by atoms with Crippen molar-refractivity contribution >= 4 is 21.9 Å². The van der Waals surface area contributed by atoms with E-state index in [2.05, 4.69) is 0 Å². The standard InChI is InChI=1S/C16H21FN2O5S/c1-10-7-12(16(21)22)15(17)13(8-10)25(23,24)19-5-2-3-11(4-6-19)9-14(18)20/h7-8,11H,2-6,9H2,1H3,(H2,18,20)(H,21,22). The molecule has 1 amide bonds. The molecule has 25 heavy (non-hydrogen) atoms. The quantitative estimate of drug-likeness (QED) is 0.812. The number of rotatable bonds is 5. The van der Waals surface area contributed by atoms with E-state index >= 15 is 0 Å². The Bertz CT molecular complexity index is 794. The first kappa shape index (κ1) is 19.3. The van der Waals surface area contributed by atoms with Gasteiger partial charge in [0.25, 0.3) is 0 Å². The smallest absolute Gasteiger partial charge is 0.338 e. The Balaban J connectivity index is 2.33. The molecule has 1 aromatic rings. The van der Waals surface area contributed by atoms with Crippen molar-refractivity contribution in [3.05, 3.63) is 29.1 Å². The van der Waals surface area contributed by atoms with Crippen molar-refractivity contribution in [2.45, 2.75) is 37.5 Å². The van der Waals surface area contributed by atoms with Gasteiger partial charge >= 0.3 is 5.97 Å². The van der Waals surface area contributed by atoms with Crippen LogP contribution in [-0.2, 0) is 14.8 Å². The lowest BCUT2D eigenvalue weighted by atomic mass is 9.97. The van der Waals surface area contributed by atoms with Gasteiger partial charge < -0.3 is 10.8 Å². The van der Waals surface area contributed by atoms with Gasteiger partial charge in [0.2, 0.25) is 15.9 Å². The summed E-state index contributed by atoms with van der Waals surface area (Å²) in [5, 5.41) is 9.06. The summed E-state index contributed by atoms with van der Waals surface area (Å²) in [6.07, 6.45) is 1.82. The lowest BCUT2D eigenvalue weighted by molar-refractivity contribution is -0.119. The largest absolute Gasteiger partial charge is 0.478 e. The zero-order valence-electron chi connectivity index (χ0n) is 13.9. The molecule has 1 aliphatic heterocycles. The molecule has 1 saturated heterocycles. The first-order valence-electron chi connectivity index (χ1n) is 7.94. The van der Waals surface area contributed by atoms with Crippen LogP contribution in [0, 0.1) is 18.7 Å². The number of benzene rings is 1. The van der Waals surface area contributed by atoms with Gasteiger partial charge in [-0.3, -0.25) is 4.79 Å². The van der Waals surface area contributed by atoms with Crippen LogP contribution < -0.4 is 5.73 Å². The predicted octanol–water partition coefficient (Wildman–Crippen LogP) is 1.50. The number of halogens is 1. The number of aromatic carboxylic acids is 1. The number of carboxylic acids is 1. The van der Waals surface area contributed by atoms with Crippen molar-refractivity contribution in [3.8, 4) is 0 Å². The normalized spacial score (nSPS) is 19.4. The van der Waals surface area contributed by atoms with E-state index in [1.54, 1.807) is 0 Å². The molecule has 0 aromatic heterocycles. The van der Waals surface area contributed by atoms with Crippen LogP contribution in [-0.4, -0.2) is 42.8 Å². The van der Waals surface area contributed by atoms with Gasteiger partial charge in [0.15, 0.2) is 5.82 Å². The molecule has 0 saturated carbocycles. The van der Waals surface area contributed by atoms with Crippen molar-refractivity contribution in [2.75, 3.05) is 13.1 Å². The van der Waals surface area contributed by atoms with Crippen LogP contribution in [0.2, 0.25) is 0 Å². The van der Waals surface area contributed by atoms with Crippen molar-refractivity contribution in [1.82, 2.24) is 4.31 Å². The third-order valence-corrected chi connectivity index (χ3v) is 6.23. The molecule has 1 unspecified atom stereocenters. The maximum absolute atomic E-state index is 14.5. The molecule has 7 nitrogen and oxygen atoms in total. The van der Waals surface area contributed by atoms with Crippen LogP contribution in [0.1, 0.15) is 41.6 Å². The van der Waals surface area contributed by atoms with E-state index in [-0.39, 0.29) is 25.4 Å². The molecule has 0 aliphatic carbocycles. The number of aryl methyl sites for hydroxylation is 1. The van der Waals surface area contributed by atoms with Crippen molar-refractivity contribution in [1.29, 1.82) is 0 Å². The van der Waals surface area contributed by atoms with E-state index in [0.29, 0.717) is 24.8 Å². The lowest BCUT2D eigenvalue weighted by Gasteiger charge is -2.21. The molecular weight excluding hydrogens is 351 g/mol. The molecule has 1 fully saturated rings. The van der Waals surface area contributed by atoms with Crippen LogP contribution >= 0.6 is 0 Å². The maximum atomic E-state index is 14.5. The third kappa shape index (κ3) is 4.35. The fraction of sp³-hybridized carbons (Fsp3) is 0.500. The number of hydrogen-bond donors (Lipinski definition) is 2. The van der Waals surface area contributed by atoms with Gasteiger partial charge in [-0.1, -0.05) is 0 Å². The monoisotopic (exact) mass is 372 g/mol. The highest BCUT2D eigenvalue weighted by molar-refractivity contribution is 7.89. The first-order valence-corrected chi connectivity index (χ1v) is 9.39.